The van der Waals surface area contributed by atoms with E-state index in [0.717, 1.165) is 0 Å². The fourth-order valence-electron chi connectivity index (χ4n) is 1.39. The molecule has 4 N–H and O–H groups in total. The minimum atomic E-state index is -3.57. The summed E-state index contributed by atoms with van der Waals surface area (Å²) in [6.07, 6.45) is 0. The Morgan fingerprint density at radius 3 is 2.38 bits per heavy atom. The second-order valence-corrected chi connectivity index (χ2v) is 6.08. The molecule has 0 bridgehead atoms. The van der Waals surface area contributed by atoms with Crippen molar-refractivity contribution in [2.75, 3.05) is 6.54 Å². The minimum absolute atomic E-state index is 0.203. The third-order valence-corrected chi connectivity index (χ3v) is 4.21. The molecule has 0 aliphatic carbocycles. The summed E-state index contributed by atoms with van der Waals surface area (Å²) in [7, 11) is -3.57. The zero-order valence-corrected chi connectivity index (χ0v) is 10.8. The van der Waals surface area contributed by atoms with Crippen molar-refractivity contribution < 1.29 is 8.42 Å². The van der Waals surface area contributed by atoms with Gasteiger partial charge in [0, 0.05) is 12.1 Å². The summed E-state index contributed by atoms with van der Waals surface area (Å²) >= 11 is 0. The summed E-state index contributed by atoms with van der Waals surface area (Å²) in [6, 6.07) is 0. The van der Waals surface area contributed by atoms with Crippen LogP contribution >= 0.6 is 0 Å². The molecule has 16 heavy (non-hydrogen) atoms. The Morgan fingerprint density at radius 2 is 2.00 bits per heavy atom. The van der Waals surface area contributed by atoms with Crippen molar-refractivity contribution in [3.05, 3.63) is 11.4 Å². The molecule has 0 atom stereocenters. The molecule has 0 aliphatic heterocycles. The number of rotatable bonds is 4. The highest BCUT2D eigenvalue weighted by Crippen LogP contribution is 2.18. The summed E-state index contributed by atoms with van der Waals surface area (Å²) in [4.78, 5) is 0.203. The molecule has 0 unspecified atom stereocenters. The van der Waals surface area contributed by atoms with Crippen LogP contribution in [0.4, 0.5) is 0 Å². The van der Waals surface area contributed by atoms with E-state index in [-0.39, 0.29) is 11.4 Å². The first kappa shape index (κ1) is 13.1. The Kier molecular flexibility index (Phi) is 3.41. The molecular formula is C9H18N4O2S. The standard InChI is InChI=1S/C9H18N4O2S/c1-6-8(7(2)12-11-6)16(14,15)13-9(3,4)5-10/h13H,5,10H2,1-4H3,(H,11,12). The van der Waals surface area contributed by atoms with Gasteiger partial charge in [-0.25, -0.2) is 13.1 Å². The molecule has 7 heteroatoms. The Hall–Kier alpha value is -0.920. The van der Waals surface area contributed by atoms with E-state index in [1.165, 1.54) is 0 Å². The van der Waals surface area contributed by atoms with Crippen LogP contribution in [0.1, 0.15) is 25.2 Å². The normalized spacial score (nSPS) is 13.1. The number of H-pyrrole nitrogens is 1. The van der Waals surface area contributed by atoms with Crippen molar-refractivity contribution in [1.82, 2.24) is 14.9 Å². The number of hydrogen-bond donors (Lipinski definition) is 3. The van der Waals surface area contributed by atoms with Crippen molar-refractivity contribution >= 4 is 10.0 Å². The lowest BCUT2D eigenvalue weighted by Gasteiger charge is -2.23. The van der Waals surface area contributed by atoms with E-state index in [2.05, 4.69) is 14.9 Å². The Bertz CT molecular complexity index is 456. The van der Waals surface area contributed by atoms with Crippen LogP contribution in [0.15, 0.2) is 4.90 Å². The van der Waals surface area contributed by atoms with E-state index in [9.17, 15) is 8.42 Å². The fraction of sp³-hybridized carbons (Fsp3) is 0.667. The molecule has 1 heterocycles. The van der Waals surface area contributed by atoms with Crippen molar-refractivity contribution in [3.8, 4) is 0 Å². The molecule has 0 amide bonds. The van der Waals surface area contributed by atoms with Gasteiger partial charge in [0.05, 0.1) is 11.4 Å². The minimum Gasteiger partial charge on any atom is -0.329 e. The van der Waals surface area contributed by atoms with Gasteiger partial charge in [0.25, 0.3) is 0 Å². The highest BCUT2D eigenvalue weighted by atomic mass is 32.2. The smallest absolute Gasteiger partial charge is 0.244 e. The van der Waals surface area contributed by atoms with Gasteiger partial charge < -0.3 is 5.73 Å². The number of nitrogens with one attached hydrogen (secondary N) is 2. The van der Waals surface area contributed by atoms with Crippen LogP contribution < -0.4 is 10.5 Å². The van der Waals surface area contributed by atoms with Gasteiger partial charge in [0.1, 0.15) is 4.90 Å². The van der Waals surface area contributed by atoms with Gasteiger partial charge in [0.15, 0.2) is 0 Å². The van der Waals surface area contributed by atoms with E-state index < -0.39 is 15.6 Å². The van der Waals surface area contributed by atoms with Crippen LogP contribution in [0.5, 0.6) is 0 Å². The maximum atomic E-state index is 12.1. The van der Waals surface area contributed by atoms with Gasteiger partial charge in [-0.3, -0.25) is 5.10 Å². The zero-order valence-electron chi connectivity index (χ0n) is 9.96. The third-order valence-electron chi connectivity index (χ3n) is 2.25. The molecule has 0 fully saturated rings. The largest absolute Gasteiger partial charge is 0.329 e. The summed E-state index contributed by atoms with van der Waals surface area (Å²) in [5.41, 5.74) is 5.80. The first-order valence-electron chi connectivity index (χ1n) is 4.95. The Labute approximate surface area is 95.7 Å². The number of aromatic amines is 1. The van der Waals surface area contributed by atoms with Crippen LogP contribution in [-0.4, -0.2) is 30.7 Å². The summed E-state index contributed by atoms with van der Waals surface area (Å²) in [5, 5.41) is 6.51. The maximum absolute atomic E-state index is 12.1. The van der Waals surface area contributed by atoms with Crippen LogP contribution in [0.3, 0.4) is 0 Å². The molecule has 0 aliphatic rings. The van der Waals surface area contributed by atoms with Crippen LogP contribution in [-0.2, 0) is 10.0 Å². The second-order valence-electron chi connectivity index (χ2n) is 4.46. The lowest BCUT2D eigenvalue weighted by Crippen LogP contribution is -2.48. The molecule has 0 saturated carbocycles. The fourth-order valence-corrected chi connectivity index (χ4v) is 3.19. The number of hydrogen-bond acceptors (Lipinski definition) is 4. The molecule has 6 nitrogen and oxygen atoms in total. The van der Waals surface area contributed by atoms with Gasteiger partial charge in [-0.15, -0.1) is 0 Å². The van der Waals surface area contributed by atoms with Crippen molar-refractivity contribution in [1.29, 1.82) is 0 Å². The predicted octanol–water partition coefficient (Wildman–Crippen LogP) is 0.0421. The summed E-state index contributed by atoms with van der Waals surface area (Å²) < 4.78 is 26.7. The average Bonchev–Trinajstić information content (AvgIpc) is 2.44. The predicted molar refractivity (Wildman–Crippen MR) is 61.5 cm³/mol. The van der Waals surface area contributed by atoms with Gasteiger partial charge in [0.2, 0.25) is 10.0 Å². The molecule has 0 spiro atoms. The first-order valence-corrected chi connectivity index (χ1v) is 6.43. The molecular weight excluding hydrogens is 228 g/mol. The molecule has 0 radical (unpaired) electrons. The van der Waals surface area contributed by atoms with E-state index in [4.69, 9.17) is 5.73 Å². The van der Waals surface area contributed by atoms with Crippen molar-refractivity contribution in [2.45, 2.75) is 38.1 Å². The monoisotopic (exact) mass is 246 g/mol. The van der Waals surface area contributed by atoms with Crippen LogP contribution in [0, 0.1) is 13.8 Å². The van der Waals surface area contributed by atoms with Crippen molar-refractivity contribution in [2.24, 2.45) is 5.73 Å². The summed E-state index contributed by atoms with van der Waals surface area (Å²) in [6.45, 7) is 7.00. The van der Waals surface area contributed by atoms with Gasteiger partial charge >= 0.3 is 0 Å². The van der Waals surface area contributed by atoms with E-state index >= 15 is 0 Å². The molecule has 1 aromatic rings. The number of nitrogens with zero attached hydrogens (tertiary/aromatic N) is 1. The van der Waals surface area contributed by atoms with Gasteiger partial charge in [-0.1, -0.05) is 0 Å². The first-order chi connectivity index (χ1) is 7.19. The molecule has 0 aromatic carbocycles. The Balaban J connectivity index is 3.14. The number of aryl methyl sites for hydroxylation is 2. The zero-order chi connectivity index (χ0) is 12.6. The molecule has 1 rings (SSSR count). The highest BCUT2D eigenvalue weighted by Gasteiger charge is 2.28. The van der Waals surface area contributed by atoms with Gasteiger partial charge in [-0.2, -0.15) is 5.10 Å². The maximum Gasteiger partial charge on any atom is 0.244 e. The van der Waals surface area contributed by atoms with E-state index in [1.807, 2.05) is 0 Å². The molecule has 92 valence electrons. The lowest BCUT2D eigenvalue weighted by atomic mass is 10.1. The van der Waals surface area contributed by atoms with Gasteiger partial charge in [-0.05, 0) is 27.7 Å². The molecule has 1 aromatic heterocycles. The number of sulfonamides is 1. The Morgan fingerprint density at radius 1 is 1.44 bits per heavy atom. The number of aromatic nitrogens is 2. The SMILES string of the molecule is Cc1n[nH]c(C)c1S(=O)(=O)NC(C)(C)CN. The van der Waals surface area contributed by atoms with Crippen LogP contribution in [0.25, 0.3) is 0 Å². The van der Waals surface area contributed by atoms with E-state index in [1.54, 1.807) is 27.7 Å². The topological polar surface area (TPSA) is 101 Å². The second kappa shape index (κ2) is 4.15. The highest BCUT2D eigenvalue weighted by molar-refractivity contribution is 7.89. The third kappa shape index (κ3) is 2.60. The quantitative estimate of drug-likeness (QED) is 0.698. The average molecular weight is 246 g/mol. The van der Waals surface area contributed by atoms with Crippen molar-refractivity contribution in [3.63, 3.8) is 0 Å². The van der Waals surface area contributed by atoms with Crippen LogP contribution in [0.2, 0.25) is 0 Å². The summed E-state index contributed by atoms with van der Waals surface area (Å²) in [5.74, 6) is 0. The lowest BCUT2D eigenvalue weighted by molar-refractivity contribution is 0.462. The van der Waals surface area contributed by atoms with E-state index in [0.29, 0.717) is 11.4 Å². The number of nitrogens with two attached hydrogens (primary N) is 1. The molecule has 0 saturated heterocycles.